The highest BCUT2D eigenvalue weighted by Gasteiger charge is 2.48. The lowest BCUT2D eigenvalue weighted by molar-refractivity contribution is -0.141. The number of imide groups is 1. The molecule has 3 amide bonds. The number of fused-ring (bicyclic) bond motifs is 2. The Kier molecular flexibility index (Phi) is 4.86. The number of carbonyl (C=O) groups excluding carboxylic acids is 3. The van der Waals surface area contributed by atoms with Crippen LogP contribution in [0.25, 0.3) is 0 Å². The topological polar surface area (TPSA) is 57.7 Å². The molecule has 1 aliphatic carbocycles. The van der Waals surface area contributed by atoms with Gasteiger partial charge in [-0.1, -0.05) is 19.8 Å². The number of nitrogens with zero attached hydrogens (tertiary/aromatic N) is 2. The molecule has 2 fully saturated rings. The van der Waals surface area contributed by atoms with Crippen LogP contribution in [0.15, 0.2) is 11.4 Å². The van der Waals surface area contributed by atoms with Gasteiger partial charge in [-0.15, -0.1) is 11.3 Å². The Bertz CT molecular complexity index is 704. The van der Waals surface area contributed by atoms with Crippen molar-refractivity contribution in [1.82, 2.24) is 9.80 Å². The van der Waals surface area contributed by atoms with Gasteiger partial charge in [0.1, 0.15) is 0 Å². The molecule has 5 nitrogen and oxygen atoms in total. The summed E-state index contributed by atoms with van der Waals surface area (Å²) < 4.78 is 0. The molecule has 1 saturated carbocycles. The SMILES string of the molecule is CCC1c2ccsc2CCN1C(=O)CCN1C(=O)C2CCCCC2C1=O. The Hall–Kier alpha value is -1.69. The first-order valence-electron chi connectivity index (χ1n) is 9.82. The van der Waals surface area contributed by atoms with Gasteiger partial charge in [-0.05, 0) is 42.7 Å². The summed E-state index contributed by atoms with van der Waals surface area (Å²) in [6, 6.07) is 2.26. The lowest BCUT2D eigenvalue weighted by Crippen LogP contribution is -2.41. The Balaban J connectivity index is 1.41. The summed E-state index contributed by atoms with van der Waals surface area (Å²) in [4.78, 5) is 42.7. The summed E-state index contributed by atoms with van der Waals surface area (Å²) in [6.07, 6.45) is 5.74. The van der Waals surface area contributed by atoms with Crippen molar-refractivity contribution >= 4 is 29.1 Å². The molecule has 1 saturated heterocycles. The quantitative estimate of drug-likeness (QED) is 0.761. The number of rotatable bonds is 4. The van der Waals surface area contributed by atoms with Crippen molar-refractivity contribution in [1.29, 1.82) is 0 Å². The van der Waals surface area contributed by atoms with Crippen molar-refractivity contribution in [2.24, 2.45) is 11.8 Å². The molecule has 1 aromatic rings. The number of hydrogen-bond donors (Lipinski definition) is 0. The molecule has 3 atom stereocenters. The third-order valence-corrected chi connectivity index (χ3v) is 7.28. The molecule has 3 heterocycles. The predicted octanol–water partition coefficient (Wildman–Crippen LogP) is 3.15. The van der Waals surface area contributed by atoms with Crippen molar-refractivity contribution in [2.75, 3.05) is 13.1 Å². The number of hydrogen-bond acceptors (Lipinski definition) is 4. The molecule has 0 bridgehead atoms. The smallest absolute Gasteiger partial charge is 0.233 e. The molecule has 6 heteroatoms. The Labute approximate surface area is 158 Å². The summed E-state index contributed by atoms with van der Waals surface area (Å²) in [5.41, 5.74) is 1.27. The minimum absolute atomic E-state index is 0.0432. The zero-order valence-corrected chi connectivity index (χ0v) is 16.1. The molecule has 140 valence electrons. The van der Waals surface area contributed by atoms with Crippen LogP contribution in [-0.4, -0.2) is 40.6 Å². The van der Waals surface area contributed by atoms with E-state index in [1.165, 1.54) is 15.3 Å². The molecule has 0 N–H and O–H groups in total. The van der Waals surface area contributed by atoms with Gasteiger partial charge in [0.2, 0.25) is 17.7 Å². The first kappa shape index (κ1) is 17.7. The van der Waals surface area contributed by atoms with Crippen LogP contribution in [0.4, 0.5) is 0 Å². The van der Waals surface area contributed by atoms with Crippen LogP contribution >= 0.6 is 11.3 Å². The van der Waals surface area contributed by atoms with E-state index in [4.69, 9.17) is 0 Å². The van der Waals surface area contributed by atoms with Crippen LogP contribution in [-0.2, 0) is 20.8 Å². The standard InChI is InChI=1S/C20H26N2O3S/c1-2-16-15-9-12-26-17(15)7-10-21(16)18(23)8-11-22-19(24)13-5-3-4-6-14(13)20(22)25/h9,12-14,16H,2-8,10-11H2,1H3. The van der Waals surface area contributed by atoms with Gasteiger partial charge >= 0.3 is 0 Å². The lowest BCUT2D eigenvalue weighted by Gasteiger charge is -2.35. The van der Waals surface area contributed by atoms with Crippen LogP contribution in [0, 0.1) is 11.8 Å². The fraction of sp³-hybridized carbons (Fsp3) is 0.650. The maximum Gasteiger partial charge on any atom is 0.233 e. The Morgan fingerprint density at radius 2 is 1.88 bits per heavy atom. The third-order valence-electron chi connectivity index (χ3n) is 6.28. The molecule has 3 aliphatic rings. The largest absolute Gasteiger partial charge is 0.335 e. The van der Waals surface area contributed by atoms with Crippen LogP contribution in [0.5, 0.6) is 0 Å². The number of carbonyl (C=O) groups is 3. The molecule has 0 radical (unpaired) electrons. The van der Waals surface area contributed by atoms with Crippen molar-refractivity contribution in [3.8, 4) is 0 Å². The molecular formula is C20H26N2O3S. The Morgan fingerprint density at radius 3 is 2.54 bits per heavy atom. The minimum Gasteiger partial charge on any atom is -0.335 e. The van der Waals surface area contributed by atoms with E-state index in [-0.39, 0.29) is 48.6 Å². The van der Waals surface area contributed by atoms with Crippen LogP contribution in [0.1, 0.15) is 61.9 Å². The molecule has 2 aliphatic heterocycles. The zero-order chi connectivity index (χ0) is 18.3. The van der Waals surface area contributed by atoms with Gasteiger partial charge in [-0.2, -0.15) is 0 Å². The number of thiophene rings is 1. The molecule has 0 spiro atoms. The fourth-order valence-electron chi connectivity index (χ4n) is 4.94. The highest BCUT2D eigenvalue weighted by atomic mass is 32.1. The first-order valence-corrected chi connectivity index (χ1v) is 10.7. The predicted molar refractivity (Wildman–Crippen MR) is 99.6 cm³/mol. The van der Waals surface area contributed by atoms with Crippen molar-refractivity contribution < 1.29 is 14.4 Å². The van der Waals surface area contributed by atoms with Crippen LogP contribution in [0.3, 0.4) is 0 Å². The van der Waals surface area contributed by atoms with Gasteiger partial charge in [-0.25, -0.2) is 0 Å². The first-order chi connectivity index (χ1) is 12.6. The van der Waals surface area contributed by atoms with E-state index in [2.05, 4.69) is 18.4 Å². The normalized spacial score (nSPS) is 28.3. The van der Waals surface area contributed by atoms with E-state index in [0.29, 0.717) is 0 Å². The minimum atomic E-state index is -0.127. The summed E-state index contributed by atoms with van der Waals surface area (Å²) >= 11 is 1.77. The Morgan fingerprint density at radius 1 is 1.19 bits per heavy atom. The molecule has 3 unspecified atom stereocenters. The van der Waals surface area contributed by atoms with E-state index in [9.17, 15) is 14.4 Å². The zero-order valence-electron chi connectivity index (χ0n) is 15.3. The maximum atomic E-state index is 12.9. The lowest BCUT2D eigenvalue weighted by atomic mass is 9.81. The molecule has 26 heavy (non-hydrogen) atoms. The summed E-state index contributed by atoms with van der Waals surface area (Å²) in [6.45, 7) is 3.08. The highest BCUT2D eigenvalue weighted by molar-refractivity contribution is 7.10. The van der Waals surface area contributed by atoms with Gasteiger partial charge in [0.15, 0.2) is 0 Å². The van der Waals surface area contributed by atoms with Gasteiger partial charge in [0, 0.05) is 24.4 Å². The average molecular weight is 375 g/mol. The van der Waals surface area contributed by atoms with E-state index < -0.39 is 0 Å². The second-order valence-electron chi connectivity index (χ2n) is 7.64. The van der Waals surface area contributed by atoms with Gasteiger partial charge < -0.3 is 4.90 Å². The van der Waals surface area contributed by atoms with Crippen molar-refractivity contribution in [3.05, 3.63) is 21.9 Å². The second kappa shape index (κ2) is 7.14. The van der Waals surface area contributed by atoms with E-state index >= 15 is 0 Å². The van der Waals surface area contributed by atoms with E-state index in [1.54, 1.807) is 11.3 Å². The highest BCUT2D eigenvalue weighted by Crippen LogP contribution is 2.38. The van der Waals surface area contributed by atoms with Crippen LogP contribution < -0.4 is 0 Å². The van der Waals surface area contributed by atoms with Crippen molar-refractivity contribution in [2.45, 2.75) is 57.9 Å². The second-order valence-corrected chi connectivity index (χ2v) is 8.64. The average Bonchev–Trinajstić information content (AvgIpc) is 3.23. The van der Waals surface area contributed by atoms with Gasteiger partial charge in [0.25, 0.3) is 0 Å². The fourth-order valence-corrected chi connectivity index (χ4v) is 5.87. The molecular weight excluding hydrogens is 348 g/mol. The molecule has 0 aromatic carbocycles. The maximum absolute atomic E-state index is 12.9. The van der Waals surface area contributed by atoms with Gasteiger partial charge in [0.05, 0.1) is 17.9 Å². The molecule has 1 aromatic heterocycles. The monoisotopic (exact) mass is 374 g/mol. The third kappa shape index (κ3) is 2.88. The van der Waals surface area contributed by atoms with Gasteiger partial charge in [-0.3, -0.25) is 19.3 Å². The summed E-state index contributed by atoms with van der Waals surface area (Å²) in [5.74, 6) is -0.281. The van der Waals surface area contributed by atoms with Crippen LogP contribution in [0.2, 0.25) is 0 Å². The number of likely N-dealkylation sites (tertiary alicyclic amines) is 1. The van der Waals surface area contributed by atoms with E-state index in [0.717, 1.165) is 45.1 Å². The summed E-state index contributed by atoms with van der Waals surface area (Å²) in [7, 11) is 0. The summed E-state index contributed by atoms with van der Waals surface area (Å²) in [5, 5.41) is 2.10. The molecule has 4 rings (SSSR count). The number of amides is 3. The van der Waals surface area contributed by atoms with E-state index in [1.807, 2.05) is 4.90 Å². The van der Waals surface area contributed by atoms with Crippen molar-refractivity contribution in [3.63, 3.8) is 0 Å².